The highest BCUT2D eigenvalue weighted by atomic mass is 15.0. The van der Waals surface area contributed by atoms with Gasteiger partial charge in [-0.15, -0.1) is 0 Å². The van der Waals surface area contributed by atoms with Crippen LogP contribution in [0.4, 0.5) is 0 Å². The van der Waals surface area contributed by atoms with Crippen LogP contribution in [-0.2, 0) is 0 Å². The number of imidazole rings is 1. The lowest BCUT2D eigenvalue weighted by Gasteiger charge is -2.02. The second-order valence-corrected chi connectivity index (χ2v) is 3.00. The Bertz CT molecular complexity index is 464. The van der Waals surface area contributed by atoms with Crippen molar-refractivity contribution in [1.82, 2.24) is 9.38 Å². The molecule has 64 valence electrons. The third-order valence-corrected chi connectivity index (χ3v) is 2.12. The standard InChI is InChI=1S/C10H9N3/c1-8(7-11)9-2-4-13-5-3-12-10(13)6-9/h2-6,8H,1H3. The first-order valence-corrected chi connectivity index (χ1v) is 4.13. The van der Waals surface area contributed by atoms with E-state index in [1.165, 1.54) is 0 Å². The molecule has 0 N–H and O–H groups in total. The minimum Gasteiger partial charge on any atom is -0.307 e. The summed E-state index contributed by atoms with van der Waals surface area (Å²) < 4.78 is 1.92. The first kappa shape index (κ1) is 7.81. The highest BCUT2D eigenvalue weighted by molar-refractivity contribution is 5.43. The summed E-state index contributed by atoms with van der Waals surface area (Å²) in [5, 5.41) is 8.73. The molecule has 0 saturated carbocycles. The number of pyridine rings is 1. The van der Waals surface area contributed by atoms with Crippen molar-refractivity contribution in [2.45, 2.75) is 12.8 Å². The van der Waals surface area contributed by atoms with Crippen LogP contribution in [0.1, 0.15) is 18.4 Å². The quantitative estimate of drug-likeness (QED) is 0.658. The Labute approximate surface area is 76.3 Å². The van der Waals surface area contributed by atoms with Crippen molar-refractivity contribution in [3.8, 4) is 6.07 Å². The number of hydrogen-bond acceptors (Lipinski definition) is 2. The van der Waals surface area contributed by atoms with Gasteiger partial charge in [-0.3, -0.25) is 0 Å². The van der Waals surface area contributed by atoms with Crippen molar-refractivity contribution < 1.29 is 0 Å². The normalized spacial score (nSPS) is 12.6. The molecule has 0 aliphatic rings. The highest BCUT2D eigenvalue weighted by Gasteiger charge is 2.04. The number of nitriles is 1. The monoisotopic (exact) mass is 171 g/mol. The van der Waals surface area contributed by atoms with E-state index in [9.17, 15) is 0 Å². The van der Waals surface area contributed by atoms with Gasteiger partial charge in [-0.25, -0.2) is 4.98 Å². The topological polar surface area (TPSA) is 41.1 Å². The molecular formula is C10H9N3. The maximum Gasteiger partial charge on any atom is 0.136 e. The number of hydrogen-bond donors (Lipinski definition) is 0. The van der Waals surface area contributed by atoms with Crippen LogP contribution in [0.25, 0.3) is 5.65 Å². The van der Waals surface area contributed by atoms with E-state index in [0.717, 1.165) is 11.2 Å². The number of aromatic nitrogens is 2. The average molecular weight is 171 g/mol. The summed E-state index contributed by atoms with van der Waals surface area (Å²) in [6.45, 7) is 1.88. The summed E-state index contributed by atoms with van der Waals surface area (Å²) in [7, 11) is 0. The van der Waals surface area contributed by atoms with Crippen LogP contribution in [0.3, 0.4) is 0 Å². The van der Waals surface area contributed by atoms with E-state index in [1.807, 2.05) is 35.9 Å². The zero-order valence-electron chi connectivity index (χ0n) is 7.31. The molecule has 1 unspecified atom stereocenters. The fraction of sp³-hybridized carbons (Fsp3) is 0.200. The fourth-order valence-corrected chi connectivity index (χ4v) is 1.27. The van der Waals surface area contributed by atoms with E-state index < -0.39 is 0 Å². The van der Waals surface area contributed by atoms with Crippen LogP contribution in [0.5, 0.6) is 0 Å². The lowest BCUT2D eigenvalue weighted by Crippen LogP contribution is -1.91. The van der Waals surface area contributed by atoms with Crippen molar-refractivity contribution in [2.24, 2.45) is 0 Å². The molecule has 0 aliphatic carbocycles. The van der Waals surface area contributed by atoms with Crippen LogP contribution in [0, 0.1) is 11.3 Å². The molecule has 0 spiro atoms. The van der Waals surface area contributed by atoms with E-state index in [4.69, 9.17) is 5.26 Å². The summed E-state index contributed by atoms with van der Waals surface area (Å²) in [6, 6.07) is 6.09. The Morgan fingerprint density at radius 1 is 1.54 bits per heavy atom. The number of fused-ring (bicyclic) bond motifs is 1. The predicted octanol–water partition coefficient (Wildman–Crippen LogP) is 1.96. The summed E-state index contributed by atoms with van der Waals surface area (Å²) in [5.74, 6) is -0.0679. The molecular weight excluding hydrogens is 162 g/mol. The molecule has 1 atom stereocenters. The first-order valence-electron chi connectivity index (χ1n) is 4.13. The summed E-state index contributed by atoms with van der Waals surface area (Å²) in [5.41, 5.74) is 1.90. The Kier molecular flexibility index (Phi) is 1.75. The van der Waals surface area contributed by atoms with Crippen LogP contribution in [-0.4, -0.2) is 9.38 Å². The van der Waals surface area contributed by atoms with Crippen molar-refractivity contribution in [3.05, 3.63) is 36.3 Å². The second kappa shape index (κ2) is 2.91. The largest absolute Gasteiger partial charge is 0.307 e. The van der Waals surface area contributed by atoms with Gasteiger partial charge in [0.15, 0.2) is 0 Å². The molecule has 0 saturated heterocycles. The highest BCUT2D eigenvalue weighted by Crippen LogP contribution is 2.15. The van der Waals surface area contributed by atoms with Gasteiger partial charge in [0.1, 0.15) is 5.65 Å². The van der Waals surface area contributed by atoms with Crippen molar-refractivity contribution in [1.29, 1.82) is 5.26 Å². The lowest BCUT2D eigenvalue weighted by atomic mass is 10.0. The molecule has 0 aliphatic heterocycles. The van der Waals surface area contributed by atoms with Gasteiger partial charge in [0, 0.05) is 18.6 Å². The van der Waals surface area contributed by atoms with Crippen LogP contribution < -0.4 is 0 Å². The van der Waals surface area contributed by atoms with E-state index in [0.29, 0.717) is 0 Å². The lowest BCUT2D eigenvalue weighted by molar-refractivity contribution is 0.972. The molecule has 0 aromatic carbocycles. The predicted molar refractivity (Wildman–Crippen MR) is 49.2 cm³/mol. The SMILES string of the molecule is CC(C#N)c1ccn2ccnc2c1. The molecule has 0 amide bonds. The van der Waals surface area contributed by atoms with Gasteiger partial charge in [0.05, 0.1) is 12.0 Å². The van der Waals surface area contributed by atoms with E-state index in [-0.39, 0.29) is 5.92 Å². The van der Waals surface area contributed by atoms with Gasteiger partial charge in [-0.05, 0) is 24.6 Å². The molecule has 2 rings (SSSR count). The van der Waals surface area contributed by atoms with Gasteiger partial charge in [0.2, 0.25) is 0 Å². The van der Waals surface area contributed by atoms with Crippen LogP contribution in [0.15, 0.2) is 30.7 Å². The third-order valence-electron chi connectivity index (χ3n) is 2.12. The maximum absolute atomic E-state index is 8.73. The Morgan fingerprint density at radius 3 is 3.15 bits per heavy atom. The van der Waals surface area contributed by atoms with Crippen LogP contribution in [0.2, 0.25) is 0 Å². The zero-order valence-corrected chi connectivity index (χ0v) is 7.31. The summed E-state index contributed by atoms with van der Waals surface area (Å²) in [6.07, 6.45) is 5.55. The van der Waals surface area contributed by atoms with Crippen LogP contribution >= 0.6 is 0 Å². The van der Waals surface area contributed by atoms with Crippen molar-refractivity contribution in [2.75, 3.05) is 0 Å². The molecule has 2 aromatic rings. The maximum atomic E-state index is 8.73. The minimum atomic E-state index is -0.0679. The number of nitrogens with zero attached hydrogens (tertiary/aromatic N) is 3. The smallest absolute Gasteiger partial charge is 0.136 e. The molecule has 0 radical (unpaired) electrons. The van der Waals surface area contributed by atoms with Gasteiger partial charge in [0.25, 0.3) is 0 Å². The second-order valence-electron chi connectivity index (χ2n) is 3.00. The summed E-state index contributed by atoms with van der Waals surface area (Å²) >= 11 is 0. The molecule has 2 aromatic heterocycles. The molecule has 13 heavy (non-hydrogen) atoms. The van der Waals surface area contributed by atoms with Gasteiger partial charge >= 0.3 is 0 Å². The molecule has 3 heteroatoms. The van der Waals surface area contributed by atoms with E-state index in [2.05, 4.69) is 11.1 Å². The molecule has 0 bridgehead atoms. The van der Waals surface area contributed by atoms with Gasteiger partial charge in [-0.1, -0.05) is 0 Å². The molecule has 0 fully saturated rings. The fourth-order valence-electron chi connectivity index (χ4n) is 1.27. The third kappa shape index (κ3) is 1.27. The molecule has 2 heterocycles. The van der Waals surface area contributed by atoms with Gasteiger partial charge < -0.3 is 4.40 Å². The molecule has 3 nitrogen and oxygen atoms in total. The van der Waals surface area contributed by atoms with E-state index >= 15 is 0 Å². The Balaban J connectivity index is 2.55. The van der Waals surface area contributed by atoms with Crippen molar-refractivity contribution >= 4 is 5.65 Å². The average Bonchev–Trinajstić information content (AvgIpc) is 2.63. The van der Waals surface area contributed by atoms with Crippen molar-refractivity contribution in [3.63, 3.8) is 0 Å². The number of rotatable bonds is 1. The Hall–Kier alpha value is -1.82. The summed E-state index contributed by atoms with van der Waals surface area (Å²) in [4.78, 5) is 4.15. The minimum absolute atomic E-state index is 0.0679. The first-order chi connectivity index (χ1) is 6.31. The van der Waals surface area contributed by atoms with Gasteiger partial charge in [-0.2, -0.15) is 5.26 Å². The van der Waals surface area contributed by atoms with E-state index in [1.54, 1.807) is 6.20 Å². The zero-order chi connectivity index (χ0) is 9.26. The Morgan fingerprint density at radius 2 is 2.38 bits per heavy atom.